The molecule has 8 heteroatoms. The van der Waals surface area contributed by atoms with Crippen LogP contribution in [0.2, 0.25) is 5.02 Å². The second-order valence-corrected chi connectivity index (χ2v) is 8.80. The number of rotatable bonds is 5. The van der Waals surface area contributed by atoms with Crippen LogP contribution in [0.4, 0.5) is 0 Å². The molecule has 0 aliphatic carbocycles. The summed E-state index contributed by atoms with van der Waals surface area (Å²) < 4.78 is 6.89. The van der Waals surface area contributed by atoms with E-state index in [2.05, 4.69) is 11.2 Å². The smallest absolute Gasteiger partial charge is 0.326 e. The van der Waals surface area contributed by atoms with Crippen LogP contribution in [0.25, 0.3) is 10.9 Å². The quantitative estimate of drug-likeness (QED) is 0.442. The normalized spacial score (nSPS) is 10.9. The van der Waals surface area contributed by atoms with E-state index in [0.29, 0.717) is 16.1 Å². The van der Waals surface area contributed by atoms with Gasteiger partial charge in [0.15, 0.2) is 0 Å². The highest BCUT2D eigenvalue weighted by Crippen LogP contribution is 2.16. The van der Waals surface area contributed by atoms with Crippen molar-refractivity contribution < 1.29 is 19.4 Å². The first-order valence-electron chi connectivity index (χ1n) is 10.1. The van der Waals surface area contributed by atoms with Gasteiger partial charge in [-0.15, -0.1) is 0 Å². The van der Waals surface area contributed by atoms with E-state index in [1.807, 2.05) is 0 Å². The van der Waals surface area contributed by atoms with Crippen molar-refractivity contribution in [3.63, 3.8) is 0 Å². The lowest BCUT2D eigenvalue weighted by molar-refractivity contribution is -0.155. The maximum Gasteiger partial charge on any atom is 0.326 e. The highest BCUT2D eigenvalue weighted by atomic mass is 35.5. The van der Waals surface area contributed by atoms with Crippen LogP contribution >= 0.6 is 11.6 Å². The Balaban J connectivity index is 2.01. The van der Waals surface area contributed by atoms with Crippen molar-refractivity contribution in [2.45, 2.75) is 39.5 Å². The summed E-state index contributed by atoms with van der Waals surface area (Å²) in [4.78, 5) is 38.5. The molecule has 0 bridgehead atoms. The number of esters is 1. The molecular formula is C25H23ClN2O5. The van der Waals surface area contributed by atoms with Crippen molar-refractivity contribution in [3.05, 3.63) is 80.6 Å². The number of halogens is 1. The molecule has 0 unspecified atom stereocenters. The van der Waals surface area contributed by atoms with Gasteiger partial charge in [0.25, 0.3) is 5.91 Å². The van der Waals surface area contributed by atoms with Crippen LogP contribution in [-0.4, -0.2) is 27.2 Å². The van der Waals surface area contributed by atoms with E-state index < -0.39 is 22.9 Å². The predicted molar refractivity (Wildman–Crippen MR) is 125 cm³/mol. The minimum absolute atomic E-state index is 0.130. The summed E-state index contributed by atoms with van der Waals surface area (Å²) in [5, 5.41) is 12.4. The highest BCUT2D eigenvalue weighted by molar-refractivity contribution is 6.30. The molecule has 33 heavy (non-hydrogen) atoms. The first kappa shape index (κ1) is 23.9. The van der Waals surface area contributed by atoms with Crippen molar-refractivity contribution in [2.24, 2.45) is 0 Å². The minimum Gasteiger partial charge on any atom is -0.462 e. The van der Waals surface area contributed by atoms with E-state index in [-0.39, 0.29) is 24.0 Å². The Bertz CT molecular complexity index is 1330. The molecule has 1 heterocycles. The Morgan fingerprint density at radius 3 is 2.48 bits per heavy atom. The van der Waals surface area contributed by atoms with Gasteiger partial charge in [0.1, 0.15) is 23.8 Å². The average molecular weight is 467 g/mol. The van der Waals surface area contributed by atoms with E-state index in [0.717, 1.165) is 5.56 Å². The third-order valence-electron chi connectivity index (χ3n) is 4.61. The minimum atomic E-state index is -0.686. The Morgan fingerprint density at radius 1 is 1.15 bits per heavy atom. The topological polar surface area (TPSA) is 97.6 Å². The van der Waals surface area contributed by atoms with Crippen LogP contribution in [0.1, 0.15) is 42.3 Å². The zero-order valence-electron chi connectivity index (χ0n) is 18.4. The Kier molecular flexibility index (Phi) is 7.10. The number of pyridine rings is 1. The largest absolute Gasteiger partial charge is 0.462 e. The molecule has 0 aliphatic rings. The van der Waals surface area contributed by atoms with Crippen LogP contribution < -0.4 is 10.7 Å². The molecule has 7 nitrogen and oxygen atoms in total. The van der Waals surface area contributed by atoms with E-state index in [9.17, 15) is 14.4 Å². The standard InChI is InChI=1S/C25H23ClN2O5/c1-25(2,3)33-22(30)15-28-14-20(24(32)27-13-17-4-7-18(26)8-5-17)23(31)19-12-16(10-11-29)6-9-21(19)28/h4-9,12,14,29H,13,15H2,1-3H3,(H,27,32). The number of aromatic nitrogens is 1. The molecule has 2 N–H and O–H groups in total. The van der Waals surface area contributed by atoms with E-state index in [1.54, 1.807) is 63.3 Å². The summed E-state index contributed by atoms with van der Waals surface area (Å²) in [6, 6.07) is 11.6. The van der Waals surface area contributed by atoms with Crippen LogP contribution in [0.15, 0.2) is 53.5 Å². The van der Waals surface area contributed by atoms with Crippen LogP contribution in [0.3, 0.4) is 0 Å². The number of aliphatic hydroxyl groups excluding tert-OH is 1. The molecule has 0 aliphatic heterocycles. The van der Waals surface area contributed by atoms with Gasteiger partial charge in [0, 0.05) is 28.7 Å². The molecule has 3 aromatic rings. The van der Waals surface area contributed by atoms with Gasteiger partial charge in [0.2, 0.25) is 5.43 Å². The number of fused-ring (bicyclic) bond motifs is 1. The van der Waals surface area contributed by atoms with Gasteiger partial charge in [-0.25, -0.2) is 0 Å². The molecular weight excluding hydrogens is 444 g/mol. The van der Waals surface area contributed by atoms with E-state index in [1.165, 1.54) is 16.8 Å². The highest BCUT2D eigenvalue weighted by Gasteiger charge is 2.20. The summed E-state index contributed by atoms with van der Waals surface area (Å²) in [7, 11) is 0. The molecule has 1 aromatic heterocycles. The van der Waals surface area contributed by atoms with Gasteiger partial charge in [-0.1, -0.05) is 23.7 Å². The lowest BCUT2D eigenvalue weighted by atomic mass is 10.1. The van der Waals surface area contributed by atoms with Gasteiger partial charge in [0.05, 0.1) is 5.52 Å². The van der Waals surface area contributed by atoms with Crippen molar-refractivity contribution in [1.82, 2.24) is 9.88 Å². The zero-order valence-corrected chi connectivity index (χ0v) is 19.2. The Labute approximate surface area is 195 Å². The molecule has 170 valence electrons. The molecule has 0 atom stereocenters. The maximum atomic E-state index is 13.1. The number of ether oxygens (including phenoxy) is 1. The molecule has 0 saturated carbocycles. The molecule has 3 rings (SSSR count). The van der Waals surface area contributed by atoms with Crippen molar-refractivity contribution in [1.29, 1.82) is 0 Å². The van der Waals surface area contributed by atoms with Crippen LogP contribution in [0.5, 0.6) is 0 Å². The predicted octanol–water partition coefficient (Wildman–Crippen LogP) is 3.61. The summed E-state index contributed by atoms with van der Waals surface area (Å²) >= 11 is 5.89. The number of hydrogen-bond donors (Lipinski definition) is 2. The fraction of sp³-hybridized carbons (Fsp3) is 0.240. The van der Waals surface area contributed by atoms with Crippen LogP contribution in [0, 0.1) is 12.0 Å². The van der Waals surface area contributed by atoms with Gasteiger partial charge < -0.3 is 19.7 Å². The number of nitrogens with one attached hydrogen (secondary N) is 1. The summed E-state index contributed by atoms with van der Waals surface area (Å²) in [6.45, 7) is 5.25. The molecule has 0 saturated heterocycles. The first-order valence-corrected chi connectivity index (χ1v) is 10.5. The zero-order chi connectivity index (χ0) is 24.2. The number of carbonyl (C=O) groups is 2. The third-order valence-corrected chi connectivity index (χ3v) is 4.86. The van der Waals surface area contributed by atoms with Gasteiger partial charge in [-0.2, -0.15) is 0 Å². The number of amides is 1. The SMILES string of the molecule is CC(C)(C)OC(=O)Cn1cc(C(=O)NCc2ccc(Cl)cc2)c(=O)c2cc(C#CO)ccc21. The van der Waals surface area contributed by atoms with E-state index >= 15 is 0 Å². The lowest BCUT2D eigenvalue weighted by Crippen LogP contribution is -2.31. The van der Waals surface area contributed by atoms with Gasteiger partial charge in [-0.05, 0) is 62.6 Å². The Hall–Kier alpha value is -3.76. The van der Waals surface area contributed by atoms with Gasteiger partial charge in [-0.3, -0.25) is 14.4 Å². The molecule has 2 aromatic carbocycles. The summed E-state index contributed by atoms with van der Waals surface area (Å²) in [5.74, 6) is 1.37. The van der Waals surface area contributed by atoms with E-state index in [4.69, 9.17) is 21.4 Å². The number of hydrogen-bond acceptors (Lipinski definition) is 5. The third kappa shape index (κ3) is 6.15. The number of benzene rings is 2. The molecule has 0 spiro atoms. The molecule has 1 amide bonds. The van der Waals surface area contributed by atoms with Crippen molar-refractivity contribution >= 4 is 34.4 Å². The maximum absolute atomic E-state index is 13.1. The monoisotopic (exact) mass is 466 g/mol. The summed E-state index contributed by atoms with van der Waals surface area (Å²) in [5.41, 5.74) is 0.306. The number of carbonyl (C=O) groups excluding carboxylic acids is 2. The Morgan fingerprint density at radius 2 is 1.85 bits per heavy atom. The molecule has 0 fully saturated rings. The molecule has 0 radical (unpaired) electrons. The second-order valence-electron chi connectivity index (χ2n) is 8.36. The average Bonchev–Trinajstić information content (AvgIpc) is 2.74. The van der Waals surface area contributed by atoms with Crippen molar-refractivity contribution in [3.8, 4) is 12.0 Å². The van der Waals surface area contributed by atoms with Gasteiger partial charge >= 0.3 is 5.97 Å². The van der Waals surface area contributed by atoms with Crippen LogP contribution in [-0.2, 0) is 22.6 Å². The fourth-order valence-electron chi connectivity index (χ4n) is 3.23. The number of aliphatic hydroxyl groups is 1. The number of nitrogens with zero attached hydrogens (tertiary/aromatic N) is 1. The summed E-state index contributed by atoms with van der Waals surface area (Å²) in [6.07, 6.45) is 3.15. The lowest BCUT2D eigenvalue weighted by Gasteiger charge is -2.21. The fourth-order valence-corrected chi connectivity index (χ4v) is 3.35. The first-order chi connectivity index (χ1) is 15.6. The van der Waals surface area contributed by atoms with Crippen molar-refractivity contribution in [2.75, 3.05) is 0 Å². The second kappa shape index (κ2) is 9.80.